The van der Waals surface area contributed by atoms with Crippen molar-refractivity contribution in [3.8, 4) is 5.75 Å². The molecule has 0 aliphatic heterocycles. The molecular formula is C20H21FN2O4S. The maximum absolute atomic E-state index is 14.3. The molecule has 1 N–H and O–H groups in total. The van der Waals surface area contributed by atoms with Gasteiger partial charge >= 0.3 is 0 Å². The first-order valence-electron chi connectivity index (χ1n) is 8.68. The first-order chi connectivity index (χ1) is 13.2. The number of carbonyl (C=O) groups excluding carboxylic acids is 1. The summed E-state index contributed by atoms with van der Waals surface area (Å²) in [6.07, 6.45) is 1.86. The first-order valence-corrected chi connectivity index (χ1v) is 10.1. The summed E-state index contributed by atoms with van der Waals surface area (Å²) in [4.78, 5) is 11.2. The Bertz CT molecular complexity index is 1140. The number of carbonyl (C=O) groups is 1. The number of aromatic nitrogens is 1. The van der Waals surface area contributed by atoms with Gasteiger partial charge in [0.1, 0.15) is 0 Å². The monoisotopic (exact) mass is 404 g/mol. The molecule has 8 heteroatoms. The Morgan fingerprint density at radius 3 is 2.50 bits per heavy atom. The highest BCUT2D eigenvalue weighted by Gasteiger charge is 2.23. The van der Waals surface area contributed by atoms with E-state index in [1.807, 2.05) is 6.92 Å². The van der Waals surface area contributed by atoms with E-state index in [2.05, 4.69) is 5.32 Å². The molecule has 0 aliphatic rings. The average Bonchev–Trinajstić information content (AvgIpc) is 2.99. The van der Waals surface area contributed by atoms with Crippen LogP contribution in [0.2, 0.25) is 0 Å². The molecular weight excluding hydrogens is 383 g/mol. The molecule has 1 heterocycles. The van der Waals surface area contributed by atoms with Gasteiger partial charge in [0.2, 0.25) is 5.91 Å². The maximum atomic E-state index is 14.3. The predicted molar refractivity (Wildman–Crippen MR) is 105 cm³/mol. The fraction of sp³-hybridized carbons (Fsp3) is 0.250. The Kier molecular flexibility index (Phi) is 5.42. The van der Waals surface area contributed by atoms with E-state index in [4.69, 9.17) is 4.74 Å². The van der Waals surface area contributed by atoms with Crippen molar-refractivity contribution >= 4 is 26.8 Å². The summed E-state index contributed by atoms with van der Waals surface area (Å²) >= 11 is 0. The molecule has 6 nitrogen and oxygen atoms in total. The number of benzene rings is 2. The molecule has 3 aromatic rings. The van der Waals surface area contributed by atoms with Gasteiger partial charge in [0.25, 0.3) is 10.0 Å². The maximum Gasteiger partial charge on any atom is 0.268 e. The van der Waals surface area contributed by atoms with Crippen molar-refractivity contribution in [2.24, 2.45) is 0 Å². The van der Waals surface area contributed by atoms with E-state index in [1.54, 1.807) is 12.1 Å². The van der Waals surface area contributed by atoms with E-state index in [1.165, 1.54) is 38.4 Å². The lowest BCUT2D eigenvalue weighted by Crippen LogP contribution is -2.22. The summed E-state index contributed by atoms with van der Waals surface area (Å²) in [5, 5.41) is 3.24. The second kappa shape index (κ2) is 7.63. The highest BCUT2D eigenvalue weighted by Crippen LogP contribution is 2.31. The van der Waals surface area contributed by atoms with Crippen LogP contribution in [0.1, 0.15) is 18.1 Å². The molecule has 0 spiro atoms. The van der Waals surface area contributed by atoms with Crippen molar-refractivity contribution in [3.05, 3.63) is 59.5 Å². The summed E-state index contributed by atoms with van der Waals surface area (Å²) in [5.74, 6) is -0.805. The molecule has 148 valence electrons. The third-order valence-corrected chi connectivity index (χ3v) is 6.16. The molecule has 0 saturated carbocycles. The number of nitrogens with zero attached hydrogens (tertiary/aromatic N) is 1. The number of nitrogens with one attached hydrogen (secondary N) is 1. The molecule has 28 heavy (non-hydrogen) atoms. The highest BCUT2D eigenvalue weighted by molar-refractivity contribution is 7.90. The van der Waals surface area contributed by atoms with Gasteiger partial charge in [0.15, 0.2) is 11.6 Å². The van der Waals surface area contributed by atoms with Gasteiger partial charge < -0.3 is 10.1 Å². The van der Waals surface area contributed by atoms with Gasteiger partial charge in [0, 0.05) is 31.1 Å². The van der Waals surface area contributed by atoms with E-state index in [-0.39, 0.29) is 22.1 Å². The zero-order valence-electron chi connectivity index (χ0n) is 15.8. The van der Waals surface area contributed by atoms with Crippen molar-refractivity contribution in [1.29, 1.82) is 0 Å². The van der Waals surface area contributed by atoms with Gasteiger partial charge in [-0.2, -0.15) is 0 Å². The Morgan fingerprint density at radius 1 is 1.21 bits per heavy atom. The Balaban J connectivity index is 2.17. The second-order valence-corrected chi connectivity index (χ2v) is 8.32. The standard InChI is InChI=1S/C20H21FN2O4S/c1-13-4-6-16(7-5-13)28(25,26)23-12-15(8-9-22-14(2)24)17-10-20(27-3)18(21)11-19(17)23/h4-7,10-12H,8-9H2,1-3H3,(H,22,24). The molecule has 1 amide bonds. The summed E-state index contributed by atoms with van der Waals surface area (Å²) in [7, 11) is -2.57. The van der Waals surface area contributed by atoms with Crippen LogP contribution in [0.25, 0.3) is 10.9 Å². The van der Waals surface area contributed by atoms with E-state index in [0.717, 1.165) is 15.6 Å². The van der Waals surface area contributed by atoms with E-state index >= 15 is 0 Å². The number of rotatable bonds is 6. The summed E-state index contributed by atoms with van der Waals surface area (Å²) in [6.45, 7) is 3.60. The van der Waals surface area contributed by atoms with Gasteiger partial charge in [-0.25, -0.2) is 16.8 Å². The molecule has 0 saturated heterocycles. The molecule has 1 aromatic heterocycles. The highest BCUT2D eigenvalue weighted by atomic mass is 32.2. The van der Waals surface area contributed by atoms with Crippen LogP contribution in [-0.2, 0) is 21.2 Å². The summed E-state index contributed by atoms with van der Waals surface area (Å²) in [5.41, 5.74) is 1.82. The molecule has 0 atom stereocenters. The third-order valence-electron chi connectivity index (χ3n) is 4.47. The van der Waals surface area contributed by atoms with Crippen molar-refractivity contribution < 1.29 is 22.3 Å². The van der Waals surface area contributed by atoms with Crippen LogP contribution < -0.4 is 10.1 Å². The first kappa shape index (κ1) is 19.9. The number of ether oxygens (including phenoxy) is 1. The minimum Gasteiger partial charge on any atom is -0.494 e. The van der Waals surface area contributed by atoms with Crippen molar-refractivity contribution in [3.63, 3.8) is 0 Å². The van der Waals surface area contributed by atoms with Gasteiger partial charge in [-0.05, 0) is 37.1 Å². The Hall–Kier alpha value is -2.87. The fourth-order valence-electron chi connectivity index (χ4n) is 3.01. The zero-order valence-corrected chi connectivity index (χ0v) is 16.6. The van der Waals surface area contributed by atoms with Crippen LogP contribution in [-0.4, -0.2) is 32.0 Å². The molecule has 3 rings (SSSR count). The van der Waals surface area contributed by atoms with E-state index < -0.39 is 15.8 Å². The topological polar surface area (TPSA) is 77.4 Å². The van der Waals surface area contributed by atoms with Crippen LogP contribution >= 0.6 is 0 Å². The second-order valence-electron chi connectivity index (χ2n) is 6.51. The average molecular weight is 404 g/mol. The minimum absolute atomic E-state index is 0.0266. The van der Waals surface area contributed by atoms with Gasteiger partial charge in [-0.15, -0.1) is 0 Å². The van der Waals surface area contributed by atoms with Crippen LogP contribution in [0.3, 0.4) is 0 Å². The number of aryl methyl sites for hydroxylation is 1. The van der Waals surface area contributed by atoms with Gasteiger partial charge in [-0.3, -0.25) is 4.79 Å². The molecule has 0 aliphatic carbocycles. The number of fused-ring (bicyclic) bond motifs is 1. The van der Waals surface area contributed by atoms with Crippen LogP contribution in [0.4, 0.5) is 4.39 Å². The van der Waals surface area contributed by atoms with E-state index in [9.17, 15) is 17.6 Å². The quantitative estimate of drug-likeness (QED) is 0.685. The lowest BCUT2D eigenvalue weighted by atomic mass is 10.1. The number of hydrogen-bond acceptors (Lipinski definition) is 4. The third kappa shape index (κ3) is 3.73. The number of halogens is 1. The lowest BCUT2D eigenvalue weighted by molar-refractivity contribution is -0.118. The molecule has 0 fully saturated rings. The van der Waals surface area contributed by atoms with Crippen molar-refractivity contribution in [2.75, 3.05) is 13.7 Å². The largest absolute Gasteiger partial charge is 0.494 e. The molecule has 0 radical (unpaired) electrons. The SMILES string of the molecule is COc1cc2c(CCNC(C)=O)cn(S(=O)(=O)c3ccc(C)cc3)c2cc1F. The lowest BCUT2D eigenvalue weighted by Gasteiger charge is -2.09. The Labute approximate surface area is 163 Å². The molecule has 0 unspecified atom stereocenters. The number of amides is 1. The molecule has 0 bridgehead atoms. The van der Waals surface area contributed by atoms with Gasteiger partial charge in [0.05, 0.1) is 17.5 Å². The zero-order chi connectivity index (χ0) is 20.5. The number of methoxy groups -OCH3 is 1. The summed E-state index contributed by atoms with van der Waals surface area (Å²) < 4.78 is 46.8. The van der Waals surface area contributed by atoms with Crippen LogP contribution in [0, 0.1) is 12.7 Å². The fourth-order valence-corrected chi connectivity index (χ4v) is 4.40. The minimum atomic E-state index is -3.92. The van der Waals surface area contributed by atoms with Crippen molar-refractivity contribution in [1.82, 2.24) is 9.29 Å². The van der Waals surface area contributed by atoms with Gasteiger partial charge in [-0.1, -0.05) is 17.7 Å². The van der Waals surface area contributed by atoms with Crippen LogP contribution in [0.15, 0.2) is 47.5 Å². The van der Waals surface area contributed by atoms with E-state index in [0.29, 0.717) is 23.9 Å². The van der Waals surface area contributed by atoms with Crippen LogP contribution in [0.5, 0.6) is 5.75 Å². The normalized spacial score (nSPS) is 11.6. The smallest absolute Gasteiger partial charge is 0.268 e. The summed E-state index contributed by atoms with van der Waals surface area (Å²) in [6, 6.07) is 9.09. The van der Waals surface area contributed by atoms with Crippen molar-refractivity contribution in [2.45, 2.75) is 25.2 Å². The predicted octanol–water partition coefficient (Wildman–Crippen LogP) is 3.01. The number of hydrogen-bond donors (Lipinski definition) is 1. The Morgan fingerprint density at radius 2 is 1.89 bits per heavy atom. The molecule has 2 aromatic carbocycles.